The van der Waals surface area contributed by atoms with Crippen molar-refractivity contribution in [3.8, 4) is 11.1 Å². The van der Waals surface area contributed by atoms with Crippen LogP contribution in [0.1, 0.15) is 12.0 Å². The third kappa shape index (κ3) is 2.88. The Morgan fingerprint density at radius 3 is 2.30 bits per heavy atom. The Bertz CT molecular complexity index is 685. The Morgan fingerprint density at radius 1 is 1.05 bits per heavy atom. The average molecular weight is 299 g/mol. The Morgan fingerprint density at radius 2 is 1.70 bits per heavy atom. The normalized spacial score (nSPS) is 11.8. The highest BCUT2D eigenvalue weighted by atomic mass is 31.2. The number of nitrogens with two attached hydrogens (primary N) is 1. The minimum absolute atomic E-state index is 0.162. The Labute approximate surface area is 114 Å². The van der Waals surface area contributed by atoms with Gasteiger partial charge in [0.1, 0.15) is 0 Å². The molecule has 20 heavy (non-hydrogen) atoms. The summed E-state index contributed by atoms with van der Waals surface area (Å²) in [5, 5.41) is -0.259. The van der Waals surface area contributed by atoms with Crippen LogP contribution in [0.5, 0.6) is 0 Å². The van der Waals surface area contributed by atoms with E-state index >= 15 is 0 Å². The minimum Gasteiger partial charge on any atom is -0.398 e. The molecule has 0 aliphatic heterocycles. The molecule has 0 aromatic heterocycles. The van der Waals surface area contributed by atoms with Crippen molar-refractivity contribution >= 4 is 18.6 Å². The minimum atomic E-state index is -4.47. The van der Waals surface area contributed by atoms with E-state index in [1.165, 1.54) is 30.3 Å². The molecule has 2 aromatic carbocycles. The SMILES string of the molecule is Nc1ccc(P(=O)(O)O)cc1-c1ccccc1C(F)F. The lowest BCUT2D eigenvalue weighted by molar-refractivity contribution is 0.152. The van der Waals surface area contributed by atoms with Gasteiger partial charge in [0.2, 0.25) is 0 Å². The summed E-state index contributed by atoms with van der Waals surface area (Å²) >= 11 is 0. The molecule has 0 atom stereocenters. The van der Waals surface area contributed by atoms with Gasteiger partial charge in [-0.3, -0.25) is 4.57 Å². The molecule has 4 nitrogen and oxygen atoms in total. The van der Waals surface area contributed by atoms with Crippen LogP contribution in [0.4, 0.5) is 14.5 Å². The molecule has 0 bridgehead atoms. The Kier molecular flexibility index (Phi) is 3.90. The third-order valence-corrected chi connectivity index (χ3v) is 3.81. The van der Waals surface area contributed by atoms with Crippen LogP contribution in [0, 0.1) is 0 Å². The monoisotopic (exact) mass is 299 g/mol. The molecule has 2 rings (SSSR count). The highest BCUT2D eigenvalue weighted by molar-refractivity contribution is 7.60. The van der Waals surface area contributed by atoms with E-state index in [0.717, 1.165) is 6.07 Å². The molecule has 0 radical (unpaired) electrons. The number of alkyl halides is 2. The van der Waals surface area contributed by atoms with Gasteiger partial charge in [-0.1, -0.05) is 24.3 Å². The van der Waals surface area contributed by atoms with E-state index in [1.54, 1.807) is 6.07 Å². The second kappa shape index (κ2) is 5.32. The van der Waals surface area contributed by atoms with Gasteiger partial charge in [0.25, 0.3) is 6.43 Å². The van der Waals surface area contributed by atoms with Crippen LogP contribution in [0.25, 0.3) is 11.1 Å². The zero-order valence-electron chi connectivity index (χ0n) is 10.2. The van der Waals surface area contributed by atoms with Gasteiger partial charge in [-0.05, 0) is 23.8 Å². The van der Waals surface area contributed by atoms with Crippen LogP contribution in [-0.2, 0) is 4.57 Å². The van der Waals surface area contributed by atoms with Crippen LogP contribution in [0.3, 0.4) is 0 Å². The fourth-order valence-corrected chi connectivity index (χ4v) is 2.46. The lowest BCUT2D eigenvalue weighted by Gasteiger charge is -2.13. The van der Waals surface area contributed by atoms with Crippen LogP contribution < -0.4 is 11.0 Å². The smallest absolute Gasteiger partial charge is 0.356 e. The first kappa shape index (κ1) is 14.7. The summed E-state index contributed by atoms with van der Waals surface area (Å²) in [6.07, 6.45) is -2.70. The molecule has 0 fully saturated rings. The number of hydrogen-bond donors (Lipinski definition) is 3. The number of benzene rings is 2. The molecule has 0 saturated heterocycles. The summed E-state index contributed by atoms with van der Waals surface area (Å²) in [4.78, 5) is 18.3. The molecule has 0 aliphatic rings. The van der Waals surface area contributed by atoms with Gasteiger partial charge in [-0.25, -0.2) is 8.78 Å². The van der Waals surface area contributed by atoms with Gasteiger partial charge in [0, 0.05) is 16.8 Å². The number of nitrogen functional groups attached to an aromatic ring is 1. The summed E-state index contributed by atoms with van der Waals surface area (Å²) in [6.45, 7) is 0. The molecule has 4 N–H and O–H groups in total. The van der Waals surface area contributed by atoms with Gasteiger partial charge < -0.3 is 15.5 Å². The third-order valence-electron chi connectivity index (χ3n) is 2.86. The maximum absolute atomic E-state index is 13.0. The van der Waals surface area contributed by atoms with Gasteiger partial charge in [0.15, 0.2) is 0 Å². The maximum atomic E-state index is 13.0. The van der Waals surface area contributed by atoms with Crippen LogP contribution in [0.15, 0.2) is 42.5 Å². The second-order valence-electron chi connectivity index (χ2n) is 4.20. The van der Waals surface area contributed by atoms with E-state index in [2.05, 4.69) is 0 Å². The first-order chi connectivity index (χ1) is 9.30. The lowest BCUT2D eigenvalue weighted by Crippen LogP contribution is -2.06. The van der Waals surface area contributed by atoms with E-state index in [0.29, 0.717) is 0 Å². The summed E-state index contributed by atoms with van der Waals surface area (Å²) in [5.41, 5.74) is 6.02. The molecule has 0 heterocycles. The van der Waals surface area contributed by atoms with Gasteiger partial charge in [-0.2, -0.15) is 0 Å². The van der Waals surface area contributed by atoms with Crippen molar-refractivity contribution in [1.82, 2.24) is 0 Å². The topological polar surface area (TPSA) is 83.6 Å². The standard InChI is InChI=1S/C13H12F2NO3P/c14-13(15)10-4-2-1-3-9(10)11-7-8(20(17,18)19)5-6-12(11)16/h1-7,13H,16H2,(H2,17,18,19). The fourth-order valence-electron chi connectivity index (χ4n) is 1.89. The van der Waals surface area contributed by atoms with Crippen molar-refractivity contribution in [2.75, 3.05) is 5.73 Å². The molecule has 106 valence electrons. The summed E-state index contributed by atoms with van der Waals surface area (Å²) in [6, 6.07) is 9.35. The Balaban J connectivity index is 2.67. The summed E-state index contributed by atoms with van der Waals surface area (Å²) < 4.78 is 37.2. The van der Waals surface area contributed by atoms with E-state index in [9.17, 15) is 13.3 Å². The van der Waals surface area contributed by atoms with Crippen LogP contribution in [0.2, 0.25) is 0 Å². The zero-order chi connectivity index (χ0) is 14.9. The molecule has 0 unspecified atom stereocenters. The van der Waals surface area contributed by atoms with Crippen molar-refractivity contribution < 1.29 is 23.1 Å². The van der Waals surface area contributed by atoms with Crippen molar-refractivity contribution in [3.63, 3.8) is 0 Å². The molecule has 0 aliphatic carbocycles. The van der Waals surface area contributed by atoms with Crippen LogP contribution in [-0.4, -0.2) is 9.79 Å². The fraction of sp³-hybridized carbons (Fsp3) is 0.0769. The van der Waals surface area contributed by atoms with Gasteiger partial charge in [0.05, 0.1) is 5.30 Å². The van der Waals surface area contributed by atoms with Crippen molar-refractivity contribution in [2.24, 2.45) is 0 Å². The molecular formula is C13H12F2NO3P. The predicted molar refractivity (Wildman–Crippen MR) is 72.9 cm³/mol. The van der Waals surface area contributed by atoms with E-state index in [1.807, 2.05) is 0 Å². The number of halogens is 2. The van der Waals surface area contributed by atoms with E-state index in [-0.39, 0.29) is 27.7 Å². The van der Waals surface area contributed by atoms with Crippen molar-refractivity contribution in [1.29, 1.82) is 0 Å². The predicted octanol–water partition coefficient (Wildman–Crippen LogP) is 2.68. The molecule has 7 heteroatoms. The number of anilines is 1. The molecule has 0 amide bonds. The van der Waals surface area contributed by atoms with Crippen molar-refractivity contribution in [3.05, 3.63) is 48.0 Å². The number of hydrogen-bond acceptors (Lipinski definition) is 2. The molecule has 0 saturated carbocycles. The van der Waals surface area contributed by atoms with Crippen molar-refractivity contribution in [2.45, 2.75) is 6.43 Å². The molecule has 2 aromatic rings. The van der Waals surface area contributed by atoms with E-state index in [4.69, 9.17) is 15.5 Å². The maximum Gasteiger partial charge on any atom is 0.356 e. The molecule has 0 spiro atoms. The number of rotatable bonds is 3. The quantitative estimate of drug-likeness (QED) is 0.601. The average Bonchev–Trinajstić information content (AvgIpc) is 2.38. The highest BCUT2D eigenvalue weighted by Gasteiger charge is 2.21. The summed E-state index contributed by atoms with van der Waals surface area (Å²) in [5.74, 6) is 0. The largest absolute Gasteiger partial charge is 0.398 e. The first-order valence-corrected chi connectivity index (χ1v) is 7.25. The van der Waals surface area contributed by atoms with Gasteiger partial charge in [-0.15, -0.1) is 0 Å². The first-order valence-electron chi connectivity index (χ1n) is 5.64. The Hall–Kier alpha value is -1.75. The highest BCUT2D eigenvalue weighted by Crippen LogP contribution is 2.38. The lowest BCUT2D eigenvalue weighted by atomic mass is 9.98. The molecular weight excluding hydrogens is 287 g/mol. The zero-order valence-corrected chi connectivity index (χ0v) is 11.1. The van der Waals surface area contributed by atoms with Gasteiger partial charge >= 0.3 is 7.60 Å². The summed E-state index contributed by atoms with van der Waals surface area (Å²) in [7, 11) is -4.47. The second-order valence-corrected chi connectivity index (χ2v) is 5.81. The van der Waals surface area contributed by atoms with Crippen LogP contribution >= 0.6 is 7.60 Å². The van der Waals surface area contributed by atoms with E-state index < -0.39 is 14.0 Å².